The number of aliphatic hydroxyl groups excluding tert-OH is 1. The van der Waals surface area contributed by atoms with E-state index in [2.05, 4.69) is 20.6 Å². The molecule has 13 heavy (non-hydrogen) atoms. The molecule has 0 aliphatic heterocycles. The van der Waals surface area contributed by atoms with E-state index in [9.17, 15) is 5.11 Å². The number of aliphatic hydroxyl groups is 1. The first-order chi connectivity index (χ1) is 6.33. The van der Waals surface area contributed by atoms with Crippen LogP contribution < -0.4 is 0 Å². The molecule has 0 aliphatic rings. The molecule has 0 amide bonds. The van der Waals surface area contributed by atoms with Crippen molar-refractivity contribution in [2.75, 3.05) is 6.61 Å². The second-order valence-electron chi connectivity index (χ2n) is 2.40. The standard InChI is InChI=1S/C6H11N4O2.Po/c1-2-6(11)12-4-3-5-7-9-10-8-5;/h6,11H,1-4H2,(H,7,8,9,10);. The normalized spacial score (nSPS) is 13.1. The fourth-order valence-electron chi connectivity index (χ4n) is 0.759. The Hall–Kier alpha value is -0.114. The summed E-state index contributed by atoms with van der Waals surface area (Å²) >= 11 is 1.45. The Morgan fingerprint density at radius 2 is 2.46 bits per heavy atom. The number of hydrogen-bond acceptors (Lipinski definition) is 5. The number of ether oxygens (including phenoxy) is 1. The van der Waals surface area contributed by atoms with Crippen molar-refractivity contribution < 1.29 is 9.84 Å². The molecule has 0 spiro atoms. The second-order valence-corrected chi connectivity index (χ2v) is 3.98. The van der Waals surface area contributed by atoms with E-state index in [4.69, 9.17) is 4.74 Å². The monoisotopic (exact) mass is 380 g/mol. The summed E-state index contributed by atoms with van der Waals surface area (Å²) < 4.78 is 6.09. The van der Waals surface area contributed by atoms with Crippen molar-refractivity contribution in [1.29, 1.82) is 0 Å². The Labute approximate surface area is 91.2 Å². The van der Waals surface area contributed by atoms with Gasteiger partial charge in [-0.2, -0.15) is 0 Å². The summed E-state index contributed by atoms with van der Waals surface area (Å²) in [7, 11) is 0. The number of aromatic nitrogens is 4. The van der Waals surface area contributed by atoms with Gasteiger partial charge in [-0.1, -0.05) is 0 Å². The Morgan fingerprint density at radius 1 is 1.62 bits per heavy atom. The average molecular weight is 380 g/mol. The number of nitrogens with zero attached hydrogens (tertiary/aromatic N) is 3. The van der Waals surface area contributed by atoms with E-state index in [-0.39, 0.29) is 0 Å². The van der Waals surface area contributed by atoms with E-state index in [0.29, 0.717) is 25.3 Å². The third-order valence-electron chi connectivity index (χ3n) is 1.39. The molecule has 0 fully saturated rings. The summed E-state index contributed by atoms with van der Waals surface area (Å²) in [6.45, 7) is 0.427. The molecule has 1 unspecified atom stereocenters. The van der Waals surface area contributed by atoms with Crippen LogP contribution in [0.4, 0.5) is 0 Å². The van der Waals surface area contributed by atoms with Crippen LogP contribution in [0.2, 0.25) is 4.08 Å². The molecule has 0 aromatic carbocycles. The fourth-order valence-corrected chi connectivity index (χ4v) is 1.54. The van der Waals surface area contributed by atoms with Gasteiger partial charge in [-0.05, 0) is 0 Å². The summed E-state index contributed by atoms with van der Waals surface area (Å²) in [5, 5.41) is 22.5. The van der Waals surface area contributed by atoms with Gasteiger partial charge in [0.1, 0.15) is 0 Å². The van der Waals surface area contributed by atoms with Crippen LogP contribution in [-0.2, 0) is 11.2 Å². The van der Waals surface area contributed by atoms with E-state index in [0.717, 1.165) is 4.08 Å². The van der Waals surface area contributed by atoms with Gasteiger partial charge in [0.05, 0.1) is 0 Å². The van der Waals surface area contributed by atoms with Crippen molar-refractivity contribution in [2.24, 2.45) is 0 Å². The van der Waals surface area contributed by atoms with Crippen molar-refractivity contribution in [3.8, 4) is 0 Å². The second kappa shape index (κ2) is 6.36. The minimum atomic E-state index is -0.649. The molecule has 1 aromatic heterocycles. The van der Waals surface area contributed by atoms with Crippen LogP contribution in [0.5, 0.6) is 0 Å². The van der Waals surface area contributed by atoms with Crippen molar-refractivity contribution >= 4 is 25.1 Å². The van der Waals surface area contributed by atoms with E-state index in [1.807, 2.05) is 0 Å². The first kappa shape index (κ1) is 11.0. The summed E-state index contributed by atoms with van der Waals surface area (Å²) in [5.41, 5.74) is 0. The molecule has 2 N–H and O–H groups in total. The molecule has 1 aromatic rings. The minimum absolute atomic E-state index is 0.427. The number of hydrogen-bond donors (Lipinski definition) is 2. The van der Waals surface area contributed by atoms with Crippen molar-refractivity contribution in [3.63, 3.8) is 0 Å². The molecular formula is C6H11N4O2Po. The van der Waals surface area contributed by atoms with Crippen LogP contribution in [-0.4, -0.2) is 63.7 Å². The molecule has 0 aliphatic carbocycles. The van der Waals surface area contributed by atoms with Crippen molar-refractivity contribution in [3.05, 3.63) is 5.82 Å². The first-order valence-electron chi connectivity index (χ1n) is 3.93. The molecule has 1 atom stereocenters. The molecule has 1 radical (unpaired) electrons. The number of tetrazole rings is 1. The Morgan fingerprint density at radius 3 is 3.08 bits per heavy atom. The van der Waals surface area contributed by atoms with Gasteiger partial charge in [0, 0.05) is 0 Å². The Bertz CT molecular complexity index is 218. The molecule has 0 bridgehead atoms. The van der Waals surface area contributed by atoms with E-state index < -0.39 is 6.29 Å². The van der Waals surface area contributed by atoms with Gasteiger partial charge in [0.25, 0.3) is 0 Å². The van der Waals surface area contributed by atoms with E-state index in [1.54, 1.807) is 0 Å². The van der Waals surface area contributed by atoms with Crippen molar-refractivity contribution in [2.45, 2.75) is 23.2 Å². The summed E-state index contributed by atoms with van der Waals surface area (Å²) in [4.78, 5) is 0. The molecule has 73 valence electrons. The fraction of sp³-hybridized carbons (Fsp3) is 0.833. The Balaban J connectivity index is 2.07. The van der Waals surface area contributed by atoms with Crippen LogP contribution in [0.15, 0.2) is 0 Å². The summed E-state index contributed by atoms with van der Waals surface area (Å²) in [5.74, 6) is 0.606. The van der Waals surface area contributed by atoms with Crippen LogP contribution in [0.1, 0.15) is 12.2 Å². The van der Waals surface area contributed by atoms with Gasteiger partial charge < -0.3 is 0 Å². The molecule has 6 nitrogen and oxygen atoms in total. The van der Waals surface area contributed by atoms with E-state index >= 15 is 0 Å². The SMILES string of the molecule is OC(C[CH2][Po])OCCc1nn[nH]n1. The zero-order valence-electron chi connectivity index (χ0n) is 7.01. The van der Waals surface area contributed by atoms with Crippen LogP contribution >= 0.6 is 0 Å². The molecule has 7 heteroatoms. The summed E-state index contributed by atoms with van der Waals surface area (Å²) in [6, 6.07) is 0. The molecule has 0 saturated carbocycles. The zero-order valence-corrected chi connectivity index (χ0v) is 10.2. The van der Waals surface area contributed by atoms with Gasteiger partial charge in [-0.25, -0.2) is 0 Å². The number of rotatable bonds is 6. The van der Waals surface area contributed by atoms with Gasteiger partial charge in [-0.3, -0.25) is 0 Å². The first-order valence-corrected chi connectivity index (χ1v) is 6.17. The van der Waals surface area contributed by atoms with Gasteiger partial charge in [0.15, 0.2) is 0 Å². The topological polar surface area (TPSA) is 83.9 Å². The maximum atomic E-state index is 9.20. The quantitative estimate of drug-likeness (QED) is 0.623. The maximum absolute atomic E-state index is 9.20. The van der Waals surface area contributed by atoms with Crippen molar-refractivity contribution in [1.82, 2.24) is 20.6 Å². The van der Waals surface area contributed by atoms with Crippen LogP contribution in [0.3, 0.4) is 0 Å². The predicted octanol–water partition coefficient (Wildman–Crippen LogP) is -0.946. The predicted molar refractivity (Wildman–Crippen MR) is 45.0 cm³/mol. The van der Waals surface area contributed by atoms with Gasteiger partial charge in [0.2, 0.25) is 0 Å². The average Bonchev–Trinajstić information content (AvgIpc) is 2.57. The molecular weight excluding hydrogens is 369 g/mol. The molecule has 0 saturated heterocycles. The number of H-pyrrole nitrogens is 1. The van der Waals surface area contributed by atoms with Gasteiger partial charge in [-0.15, -0.1) is 0 Å². The van der Waals surface area contributed by atoms with E-state index in [1.165, 1.54) is 25.1 Å². The summed E-state index contributed by atoms with van der Waals surface area (Å²) in [6.07, 6.45) is 0.621. The zero-order chi connectivity index (χ0) is 9.52. The van der Waals surface area contributed by atoms with Crippen LogP contribution in [0, 0.1) is 0 Å². The third-order valence-corrected chi connectivity index (χ3v) is 2.31. The third kappa shape index (κ3) is 4.60. The number of aromatic amines is 1. The number of nitrogens with one attached hydrogen (secondary N) is 1. The van der Waals surface area contributed by atoms with Crippen LogP contribution in [0.25, 0.3) is 0 Å². The van der Waals surface area contributed by atoms with Gasteiger partial charge >= 0.3 is 91.2 Å². The Kier molecular flexibility index (Phi) is 5.36. The molecule has 1 heterocycles. The molecule has 1 rings (SSSR count).